The zero-order chi connectivity index (χ0) is 17.7. The van der Waals surface area contributed by atoms with E-state index in [9.17, 15) is 0 Å². The molecule has 0 heterocycles. The van der Waals surface area contributed by atoms with Gasteiger partial charge in [-0.15, -0.1) is 0 Å². The van der Waals surface area contributed by atoms with Crippen molar-refractivity contribution in [1.82, 2.24) is 0 Å². The van der Waals surface area contributed by atoms with Crippen LogP contribution in [0.3, 0.4) is 0 Å². The molecule has 0 saturated carbocycles. The van der Waals surface area contributed by atoms with Gasteiger partial charge in [-0.2, -0.15) is 0 Å². The van der Waals surface area contributed by atoms with Gasteiger partial charge in [-0.05, 0) is 0 Å². The Labute approximate surface area is 160 Å². The normalized spacial score (nSPS) is 34.6. The van der Waals surface area contributed by atoms with Crippen LogP contribution in [0.15, 0.2) is 45.6 Å². The topological polar surface area (TPSA) is 0 Å². The maximum atomic E-state index is 2.72. The molecule has 0 aromatic rings. The second-order valence-electron chi connectivity index (χ2n) is 8.98. The third kappa shape index (κ3) is 2.89. The number of hydrogen-bond donors (Lipinski definition) is 0. The fourth-order valence-electron chi connectivity index (χ4n) is 6.16. The molecule has 134 valence electrons. The predicted molar refractivity (Wildman–Crippen MR) is 107 cm³/mol. The fourth-order valence-corrected chi connectivity index (χ4v) is 11.8. The van der Waals surface area contributed by atoms with Crippen molar-refractivity contribution in [2.75, 3.05) is 0 Å². The monoisotopic (exact) mass is 370 g/mol. The van der Waals surface area contributed by atoms with Crippen LogP contribution in [0, 0.1) is 11.8 Å². The molecule has 4 atom stereocenters. The summed E-state index contributed by atoms with van der Waals surface area (Å²) in [5.74, 6) is 1.59. The Kier molecular flexibility index (Phi) is 4.97. The molecule has 0 aliphatic heterocycles. The summed E-state index contributed by atoms with van der Waals surface area (Å²) in [4.78, 5) is 0. The molecule has 0 N–H and O–H groups in total. The van der Waals surface area contributed by atoms with E-state index < -0.39 is 17.4 Å². The van der Waals surface area contributed by atoms with Gasteiger partial charge in [0.2, 0.25) is 0 Å². The van der Waals surface area contributed by atoms with E-state index in [1.165, 1.54) is 38.5 Å². The van der Waals surface area contributed by atoms with Gasteiger partial charge >= 0.3 is 161 Å². The third-order valence-electron chi connectivity index (χ3n) is 7.34. The predicted octanol–water partition coefficient (Wildman–Crippen LogP) is 7.16. The van der Waals surface area contributed by atoms with Gasteiger partial charge in [0.25, 0.3) is 0 Å². The van der Waals surface area contributed by atoms with Crippen LogP contribution in [0.25, 0.3) is 0 Å². The quantitative estimate of drug-likeness (QED) is 0.453. The molecule has 4 aliphatic rings. The molecule has 0 nitrogen and oxygen atoms in total. The molecule has 0 bridgehead atoms. The van der Waals surface area contributed by atoms with E-state index in [1.807, 2.05) is 11.1 Å². The van der Waals surface area contributed by atoms with Gasteiger partial charge in [0.1, 0.15) is 0 Å². The van der Waals surface area contributed by atoms with E-state index in [1.54, 1.807) is 22.3 Å². The first-order valence-corrected chi connectivity index (χ1v) is 13.2. The van der Waals surface area contributed by atoms with Gasteiger partial charge in [-0.1, -0.05) is 0 Å². The average Bonchev–Trinajstić information content (AvgIpc) is 3.09. The second kappa shape index (κ2) is 6.93. The van der Waals surface area contributed by atoms with Crippen LogP contribution in [-0.4, -0.2) is 4.31 Å². The summed E-state index contributed by atoms with van der Waals surface area (Å²) in [5, 5.41) is 0. The summed E-state index contributed by atoms with van der Waals surface area (Å²) < 4.78 is 4.38. The molecule has 1 heteroatoms. The Hall–Kier alpha value is -0.456. The maximum absolute atomic E-state index is 2.72. The van der Waals surface area contributed by atoms with E-state index in [0.29, 0.717) is 0 Å². The van der Waals surface area contributed by atoms with E-state index in [4.69, 9.17) is 0 Å². The summed E-state index contributed by atoms with van der Waals surface area (Å²) in [6.45, 7) is 12.2. The van der Waals surface area contributed by atoms with Gasteiger partial charge < -0.3 is 0 Å². The Bertz CT molecular complexity index is 680. The molecule has 0 aromatic carbocycles. The summed E-state index contributed by atoms with van der Waals surface area (Å²) in [7, 11) is 0. The van der Waals surface area contributed by atoms with Gasteiger partial charge in [0, 0.05) is 0 Å². The minimum atomic E-state index is -1.40. The van der Waals surface area contributed by atoms with Gasteiger partial charge in [0.05, 0.1) is 0 Å². The van der Waals surface area contributed by atoms with E-state index in [2.05, 4.69) is 51.1 Å². The molecule has 4 unspecified atom stereocenters. The molecule has 4 rings (SSSR count). The zero-order valence-electron chi connectivity index (χ0n) is 16.8. The molecule has 0 amide bonds. The first-order valence-electron chi connectivity index (χ1n) is 10.5. The van der Waals surface area contributed by atoms with E-state index in [0.717, 1.165) is 20.3 Å². The van der Waals surface area contributed by atoms with Crippen LogP contribution in [0.2, 0.25) is 8.45 Å². The molecule has 25 heavy (non-hydrogen) atoms. The van der Waals surface area contributed by atoms with Crippen LogP contribution in [-0.2, 0) is 17.4 Å². The standard InChI is InChI=1S/2C11H15.C2H4.Ti/c2*1-8-6-10-5-3-4-9(2)11(10)7-8;1-2;/h2*6-7,9H,3-5H2,1-2H3;1H,2H3;. The van der Waals surface area contributed by atoms with Crippen molar-refractivity contribution in [2.45, 2.75) is 81.6 Å². The van der Waals surface area contributed by atoms with Crippen molar-refractivity contribution < 1.29 is 17.4 Å². The average molecular weight is 370 g/mol. The molecular weight excluding hydrogens is 336 g/mol. The van der Waals surface area contributed by atoms with Crippen molar-refractivity contribution in [1.29, 1.82) is 0 Å². The number of rotatable bonds is 2. The van der Waals surface area contributed by atoms with Crippen molar-refractivity contribution in [3.63, 3.8) is 0 Å². The Balaban J connectivity index is 1.75. The van der Waals surface area contributed by atoms with Crippen molar-refractivity contribution in [3.05, 3.63) is 45.6 Å². The van der Waals surface area contributed by atoms with E-state index >= 15 is 0 Å². The first kappa shape index (κ1) is 17.9. The van der Waals surface area contributed by atoms with Gasteiger partial charge in [0.15, 0.2) is 0 Å². The molecule has 4 aliphatic carbocycles. The van der Waals surface area contributed by atoms with Crippen LogP contribution in [0.5, 0.6) is 0 Å². The van der Waals surface area contributed by atoms with Crippen LogP contribution in [0.4, 0.5) is 0 Å². The molecular formula is C24H34Ti. The molecule has 0 saturated heterocycles. The Morgan fingerprint density at radius 1 is 0.840 bits per heavy atom. The summed E-state index contributed by atoms with van der Waals surface area (Å²) in [5.41, 5.74) is 10.6. The van der Waals surface area contributed by atoms with E-state index in [-0.39, 0.29) is 0 Å². The number of hydrogen-bond acceptors (Lipinski definition) is 0. The third-order valence-corrected chi connectivity index (χ3v) is 13.0. The van der Waals surface area contributed by atoms with Crippen molar-refractivity contribution in [3.8, 4) is 0 Å². The van der Waals surface area contributed by atoms with Crippen molar-refractivity contribution >= 4 is 4.31 Å². The molecule has 0 fully saturated rings. The van der Waals surface area contributed by atoms with Gasteiger partial charge in [-0.3, -0.25) is 0 Å². The Morgan fingerprint density at radius 3 is 1.68 bits per heavy atom. The van der Waals surface area contributed by atoms with Gasteiger partial charge in [-0.25, -0.2) is 0 Å². The summed E-state index contributed by atoms with van der Waals surface area (Å²) >= 11 is -1.40. The van der Waals surface area contributed by atoms with Crippen LogP contribution >= 0.6 is 0 Å². The van der Waals surface area contributed by atoms with Crippen LogP contribution < -0.4 is 0 Å². The molecule has 0 aromatic heterocycles. The SMILES string of the molecule is C[CH]=[Ti]([CH]1C(C)=CC2=C1CCCC2C)[CH]1C(C)=CC2=C1CCCC2C. The Morgan fingerprint density at radius 2 is 1.28 bits per heavy atom. The summed E-state index contributed by atoms with van der Waals surface area (Å²) in [6, 6.07) is 0. The summed E-state index contributed by atoms with van der Waals surface area (Å²) in [6.07, 6.45) is 13.6. The fraction of sp³-hybridized carbons (Fsp3) is 0.625. The number of allylic oxidation sites excluding steroid dienone is 8. The van der Waals surface area contributed by atoms with Crippen LogP contribution in [0.1, 0.15) is 73.1 Å². The zero-order valence-corrected chi connectivity index (χ0v) is 18.3. The second-order valence-corrected chi connectivity index (χ2v) is 13.2. The molecule has 0 spiro atoms. The molecule has 0 radical (unpaired) electrons. The first-order chi connectivity index (χ1) is 12.0. The van der Waals surface area contributed by atoms with Crippen molar-refractivity contribution in [2.24, 2.45) is 11.8 Å². The minimum absolute atomic E-state index is 0.796.